The Morgan fingerprint density at radius 1 is 1.05 bits per heavy atom. The van der Waals surface area contributed by atoms with Crippen LogP contribution in [0.5, 0.6) is 0 Å². The standard InChI is InChI=1S/C17H34N2O/c1-16(2)13-18-14-17(7-4-3-5-8-17)15-19-9-6-11-20-12-10-19/h16,18H,3-15H2,1-2H3. The Kier molecular flexibility index (Phi) is 6.79. The number of nitrogens with zero attached hydrogens (tertiary/aromatic N) is 1. The molecule has 0 radical (unpaired) electrons. The van der Waals surface area contributed by atoms with Crippen LogP contribution >= 0.6 is 0 Å². The van der Waals surface area contributed by atoms with Gasteiger partial charge in [0.1, 0.15) is 0 Å². The van der Waals surface area contributed by atoms with Crippen LogP contribution in [0.4, 0.5) is 0 Å². The van der Waals surface area contributed by atoms with Crippen molar-refractivity contribution in [3.8, 4) is 0 Å². The van der Waals surface area contributed by atoms with Crippen LogP contribution in [0.15, 0.2) is 0 Å². The van der Waals surface area contributed by atoms with Gasteiger partial charge in [0, 0.05) is 32.8 Å². The van der Waals surface area contributed by atoms with Gasteiger partial charge in [-0.2, -0.15) is 0 Å². The largest absolute Gasteiger partial charge is 0.380 e. The minimum atomic E-state index is 0.525. The van der Waals surface area contributed by atoms with Crippen LogP contribution in [0.25, 0.3) is 0 Å². The van der Waals surface area contributed by atoms with E-state index in [0.717, 1.165) is 32.2 Å². The van der Waals surface area contributed by atoms with E-state index in [4.69, 9.17) is 4.74 Å². The summed E-state index contributed by atoms with van der Waals surface area (Å²) in [4.78, 5) is 2.66. The van der Waals surface area contributed by atoms with Crippen molar-refractivity contribution in [2.75, 3.05) is 45.9 Å². The lowest BCUT2D eigenvalue weighted by atomic mass is 9.73. The highest BCUT2D eigenvalue weighted by atomic mass is 16.5. The van der Waals surface area contributed by atoms with E-state index in [-0.39, 0.29) is 0 Å². The Hall–Kier alpha value is -0.120. The normalized spacial score (nSPS) is 24.8. The van der Waals surface area contributed by atoms with Gasteiger partial charge in [-0.3, -0.25) is 0 Å². The van der Waals surface area contributed by atoms with Gasteiger partial charge >= 0.3 is 0 Å². The van der Waals surface area contributed by atoms with E-state index in [9.17, 15) is 0 Å². The molecule has 20 heavy (non-hydrogen) atoms. The van der Waals surface area contributed by atoms with E-state index < -0.39 is 0 Å². The summed E-state index contributed by atoms with van der Waals surface area (Å²) in [7, 11) is 0. The van der Waals surface area contributed by atoms with E-state index in [2.05, 4.69) is 24.1 Å². The monoisotopic (exact) mass is 282 g/mol. The number of hydrogen-bond donors (Lipinski definition) is 1. The molecule has 0 amide bonds. The minimum Gasteiger partial charge on any atom is -0.380 e. The first-order chi connectivity index (χ1) is 9.70. The molecule has 118 valence electrons. The van der Waals surface area contributed by atoms with Crippen molar-refractivity contribution in [2.45, 2.75) is 52.4 Å². The fraction of sp³-hybridized carbons (Fsp3) is 1.00. The van der Waals surface area contributed by atoms with E-state index >= 15 is 0 Å². The summed E-state index contributed by atoms with van der Waals surface area (Å²) in [5.74, 6) is 0.752. The molecule has 1 heterocycles. The third-order valence-corrected chi connectivity index (χ3v) is 4.84. The van der Waals surface area contributed by atoms with Crippen molar-refractivity contribution >= 4 is 0 Å². The molecule has 3 heteroatoms. The molecule has 0 aromatic rings. The molecule has 1 N–H and O–H groups in total. The van der Waals surface area contributed by atoms with E-state index in [1.54, 1.807) is 0 Å². The van der Waals surface area contributed by atoms with Crippen molar-refractivity contribution in [3.05, 3.63) is 0 Å². The molecule has 0 aromatic heterocycles. The summed E-state index contributed by atoms with van der Waals surface area (Å²) in [6.07, 6.45) is 8.32. The molecule has 2 rings (SSSR count). The zero-order valence-corrected chi connectivity index (χ0v) is 13.6. The van der Waals surface area contributed by atoms with Crippen LogP contribution in [-0.4, -0.2) is 50.8 Å². The second kappa shape index (κ2) is 8.35. The number of rotatable bonds is 6. The highest BCUT2D eigenvalue weighted by molar-refractivity contribution is 4.88. The lowest BCUT2D eigenvalue weighted by Crippen LogP contribution is -2.46. The maximum absolute atomic E-state index is 5.60. The molecule has 0 atom stereocenters. The molecule has 2 aliphatic rings. The van der Waals surface area contributed by atoms with Crippen molar-refractivity contribution in [1.29, 1.82) is 0 Å². The maximum atomic E-state index is 5.60. The highest BCUT2D eigenvalue weighted by Gasteiger charge is 2.33. The topological polar surface area (TPSA) is 24.5 Å². The van der Waals surface area contributed by atoms with Gasteiger partial charge < -0.3 is 15.0 Å². The first kappa shape index (κ1) is 16.3. The second-order valence-electron chi connectivity index (χ2n) is 7.33. The molecule has 0 spiro atoms. The molecule has 0 bridgehead atoms. The summed E-state index contributed by atoms with van der Waals surface area (Å²) in [6.45, 7) is 12.5. The first-order valence-corrected chi connectivity index (χ1v) is 8.71. The average molecular weight is 282 g/mol. The SMILES string of the molecule is CC(C)CNCC1(CN2CCCOCC2)CCCCC1. The summed E-state index contributed by atoms with van der Waals surface area (Å²) in [5.41, 5.74) is 0.525. The molecule has 2 fully saturated rings. The first-order valence-electron chi connectivity index (χ1n) is 8.71. The van der Waals surface area contributed by atoms with Gasteiger partial charge in [-0.15, -0.1) is 0 Å². The van der Waals surface area contributed by atoms with E-state index in [1.165, 1.54) is 58.2 Å². The Morgan fingerprint density at radius 3 is 2.60 bits per heavy atom. The van der Waals surface area contributed by atoms with Crippen LogP contribution in [-0.2, 0) is 4.74 Å². The minimum absolute atomic E-state index is 0.525. The fourth-order valence-corrected chi connectivity index (χ4v) is 3.75. The molecule has 1 aliphatic heterocycles. The molecule has 0 unspecified atom stereocenters. The van der Waals surface area contributed by atoms with Gasteiger partial charge in [-0.05, 0) is 37.1 Å². The predicted octanol–water partition coefficient (Wildman–Crippen LogP) is 2.90. The number of ether oxygens (including phenoxy) is 1. The smallest absolute Gasteiger partial charge is 0.0593 e. The quantitative estimate of drug-likeness (QED) is 0.811. The zero-order chi connectivity index (χ0) is 14.3. The summed E-state index contributed by atoms with van der Waals surface area (Å²) in [5, 5.41) is 3.74. The van der Waals surface area contributed by atoms with Gasteiger partial charge in [0.05, 0.1) is 6.61 Å². The second-order valence-corrected chi connectivity index (χ2v) is 7.33. The molecule has 1 saturated carbocycles. The van der Waals surface area contributed by atoms with Crippen molar-refractivity contribution in [1.82, 2.24) is 10.2 Å². The summed E-state index contributed by atoms with van der Waals surface area (Å²) >= 11 is 0. The Labute approximate surface area is 125 Å². The molecular weight excluding hydrogens is 248 g/mol. The van der Waals surface area contributed by atoms with Gasteiger partial charge in [0.15, 0.2) is 0 Å². The fourth-order valence-electron chi connectivity index (χ4n) is 3.75. The molecular formula is C17H34N2O. The summed E-state index contributed by atoms with van der Waals surface area (Å²) in [6, 6.07) is 0. The van der Waals surface area contributed by atoms with E-state index in [1.807, 2.05) is 0 Å². The third-order valence-electron chi connectivity index (χ3n) is 4.84. The van der Waals surface area contributed by atoms with Crippen molar-refractivity contribution in [2.24, 2.45) is 11.3 Å². The van der Waals surface area contributed by atoms with Crippen LogP contribution < -0.4 is 5.32 Å². The number of hydrogen-bond acceptors (Lipinski definition) is 3. The van der Waals surface area contributed by atoms with Crippen molar-refractivity contribution < 1.29 is 4.74 Å². The lowest BCUT2D eigenvalue weighted by Gasteiger charge is -2.41. The molecule has 1 saturated heterocycles. The van der Waals surface area contributed by atoms with Crippen LogP contribution in [0.2, 0.25) is 0 Å². The zero-order valence-electron chi connectivity index (χ0n) is 13.6. The van der Waals surface area contributed by atoms with E-state index in [0.29, 0.717) is 5.41 Å². The van der Waals surface area contributed by atoms with Crippen LogP contribution in [0, 0.1) is 11.3 Å². The Balaban J connectivity index is 1.87. The molecule has 3 nitrogen and oxygen atoms in total. The maximum Gasteiger partial charge on any atom is 0.0593 e. The Bertz CT molecular complexity index is 254. The summed E-state index contributed by atoms with van der Waals surface area (Å²) < 4.78 is 5.60. The number of nitrogens with one attached hydrogen (secondary N) is 1. The lowest BCUT2D eigenvalue weighted by molar-refractivity contribution is 0.0933. The molecule has 0 aromatic carbocycles. The third kappa shape index (κ3) is 5.34. The van der Waals surface area contributed by atoms with Crippen LogP contribution in [0.1, 0.15) is 52.4 Å². The van der Waals surface area contributed by atoms with Gasteiger partial charge in [-0.25, -0.2) is 0 Å². The Morgan fingerprint density at radius 2 is 1.85 bits per heavy atom. The van der Waals surface area contributed by atoms with Gasteiger partial charge in [0.25, 0.3) is 0 Å². The highest BCUT2D eigenvalue weighted by Crippen LogP contribution is 2.36. The predicted molar refractivity (Wildman–Crippen MR) is 85.1 cm³/mol. The molecule has 1 aliphatic carbocycles. The average Bonchev–Trinajstić information content (AvgIpc) is 2.68. The van der Waals surface area contributed by atoms with Gasteiger partial charge in [-0.1, -0.05) is 33.1 Å². The van der Waals surface area contributed by atoms with Gasteiger partial charge in [0.2, 0.25) is 0 Å². The van der Waals surface area contributed by atoms with Crippen LogP contribution in [0.3, 0.4) is 0 Å². The van der Waals surface area contributed by atoms with Crippen molar-refractivity contribution in [3.63, 3.8) is 0 Å².